The quantitative estimate of drug-likeness (QED) is 0.919. The number of nitrogens with zero attached hydrogens (tertiary/aromatic N) is 3. The van der Waals surface area contributed by atoms with E-state index >= 15 is 0 Å². The third-order valence-corrected chi connectivity index (χ3v) is 5.56. The Morgan fingerprint density at radius 2 is 2.10 bits per heavy atom. The summed E-state index contributed by atoms with van der Waals surface area (Å²) >= 11 is 0. The molecular formula is C16H28N4. The number of piperazine rings is 1. The van der Waals surface area contributed by atoms with Crippen LogP contribution in [0.15, 0.2) is 12.4 Å². The van der Waals surface area contributed by atoms with Gasteiger partial charge in [0.15, 0.2) is 0 Å². The summed E-state index contributed by atoms with van der Waals surface area (Å²) in [6.07, 6.45) is 10.8. The van der Waals surface area contributed by atoms with Crippen molar-refractivity contribution in [2.24, 2.45) is 7.05 Å². The van der Waals surface area contributed by atoms with Gasteiger partial charge in [0.05, 0.1) is 6.20 Å². The summed E-state index contributed by atoms with van der Waals surface area (Å²) in [5.41, 5.74) is 1.99. The number of aryl methyl sites for hydroxylation is 1. The number of rotatable bonds is 3. The van der Waals surface area contributed by atoms with Gasteiger partial charge in [-0.25, -0.2) is 0 Å². The summed E-state index contributed by atoms with van der Waals surface area (Å²) in [5, 5.41) is 8.21. The Kier molecular flexibility index (Phi) is 3.63. The van der Waals surface area contributed by atoms with Crippen molar-refractivity contribution in [3.05, 3.63) is 18.0 Å². The highest BCUT2D eigenvalue weighted by atomic mass is 15.3. The van der Waals surface area contributed by atoms with Crippen molar-refractivity contribution in [1.29, 1.82) is 0 Å². The lowest BCUT2D eigenvalue weighted by Gasteiger charge is -2.52. The Morgan fingerprint density at radius 1 is 1.35 bits per heavy atom. The van der Waals surface area contributed by atoms with Crippen LogP contribution in [0.2, 0.25) is 0 Å². The predicted octanol–water partition coefficient (Wildman–Crippen LogP) is 2.31. The fourth-order valence-corrected chi connectivity index (χ4v) is 3.86. The summed E-state index contributed by atoms with van der Waals surface area (Å²) in [4.78, 5) is 2.70. The van der Waals surface area contributed by atoms with E-state index in [2.05, 4.69) is 35.4 Å². The van der Waals surface area contributed by atoms with Crippen LogP contribution in [0, 0.1) is 0 Å². The SMILES string of the molecule is CCC1(C)CNC2(CCCC2)CN1Cc1cnn(C)c1. The third-order valence-electron chi connectivity index (χ3n) is 5.56. The molecule has 1 saturated carbocycles. The molecule has 4 nitrogen and oxygen atoms in total. The highest BCUT2D eigenvalue weighted by Gasteiger charge is 2.45. The minimum atomic E-state index is 0.268. The molecule has 3 rings (SSSR count). The lowest BCUT2D eigenvalue weighted by molar-refractivity contribution is 0.00777. The second-order valence-corrected chi connectivity index (χ2v) is 7.07. The second-order valence-electron chi connectivity index (χ2n) is 7.07. The van der Waals surface area contributed by atoms with E-state index in [1.54, 1.807) is 0 Å². The molecule has 1 aliphatic heterocycles. The molecule has 1 aromatic rings. The molecule has 1 aliphatic carbocycles. The summed E-state index contributed by atoms with van der Waals surface area (Å²) in [6, 6.07) is 0. The summed E-state index contributed by atoms with van der Waals surface area (Å²) < 4.78 is 1.91. The fraction of sp³-hybridized carbons (Fsp3) is 0.812. The number of aromatic nitrogens is 2. The highest BCUT2D eigenvalue weighted by molar-refractivity contribution is 5.10. The molecule has 1 atom stereocenters. The molecule has 1 spiro atoms. The third kappa shape index (κ3) is 2.51. The zero-order valence-electron chi connectivity index (χ0n) is 13.2. The monoisotopic (exact) mass is 276 g/mol. The predicted molar refractivity (Wildman–Crippen MR) is 81.5 cm³/mol. The van der Waals surface area contributed by atoms with E-state index in [1.807, 2.05) is 17.9 Å². The van der Waals surface area contributed by atoms with Gasteiger partial charge in [0, 0.05) is 49.5 Å². The molecule has 2 heterocycles. The van der Waals surface area contributed by atoms with Gasteiger partial charge in [-0.2, -0.15) is 5.10 Å². The first-order valence-corrected chi connectivity index (χ1v) is 8.03. The van der Waals surface area contributed by atoms with Crippen LogP contribution >= 0.6 is 0 Å². The van der Waals surface area contributed by atoms with Crippen LogP contribution in [0.4, 0.5) is 0 Å². The van der Waals surface area contributed by atoms with Crippen LogP contribution in [0.5, 0.6) is 0 Å². The van der Waals surface area contributed by atoms with Crippen molar-refractivity contribution < 1.29 is 0 Å². The van der Waals surface area contributed by atoms with E-state index in [4.69, 9.17) is 0 Å². The van der Waals surface area contributed by atoms with E-state index in [-0.39, 0.29) is 5.54 Å². The molecule has 1 aromatic heterocycles. The van der Waals surface area contributed by atoms with Gasteiger partial charge in [0.25, 0.3) is 0 Å². The molecule has 2 fully saturated rings. The molecular weight excluding hydrogens is 248 g/mol. The molecule has 2 aliphatic rings. The van der Waals surface area contributed by atoms with E-state index < -0.39 is 0 Å². The van der Waals surface area contributed by atoms with Crippen molar-refractivity contribution in [3.8, 4) is 0 Å². The van der Waals surface area contributed by atoms with Crippen LogP contribution < -0.4 is 5.32 Å². The van der Waals surface area contributed by atoms with Gasteiger partial charge in [0.2, 0.25) is 0 Å². The van der Waals surface area contributed by atoms with E-state index in [1.165, 1.54) is 44.2 Å². The first-order valence-electron chi connectivity index (χ1n) is 8.03. The number of nitrogens with one attached hydrogen (secondary N) is 1. The van der Waals surface area contributed by atoms with Crippen molar-refractivity contribution >= 4 is 0 Å². The van der Waals surface area contributed by atoms with Crippen LogP contribution in [-0.4, -0.2) is 38.8 Å². The Bertz CT molecular complexity index is 461. The molecule has 1 N–H and O–H groups in total. The smallest absolute Gasteiger partial charge is 0.0534 e. The average Bonchev–Trinajstić information content (AvgIpc) is 3.05. The van der Waals surface area contributed by atoms with Crippen molar-refractivity contribution in [3.63, 3.8) is 0 Å². The van der Waals surface area contributed by atoms with Gasteiger partial charge in [0.1, 0.15) is 0 Å². The lowest BCUT2D eigenvalue weighted by atomic mass is 9.85. The molecule has 0 amide bonds. The lowest BCUT2D eigenvalue weighted by Crippen LogP contribution is -2.67. The van der Waals surface area contributed by atoms with Crippen molar-refractivity contribution in [2.45, 2.75) is 63.6 Å². The van der Waals surface area contributed by atoms with Gasteiger partial charge >= 0.3 is 0 Å². The first-order chi connectivity index (χ1) is 9.55. The van der Waals surface area contributed by atoms with Crippen molar-refractivity contribution in [2.75, 3.05) is 13.1 Å². The standard InChI is InChI=1S/C16H28N4/c1-4-15(2)12-17-16(7-5-6-8-16)13-20(15)11-14-9-18-19(3)10-14/h9-10,17H,4-8,11-13H2,1-3H3. The minimum absolute atomic E-state index is 0.268. The van der Waals surface area contributed by atoms with E-state index in [9.17, 15) is 0 Å². The number of hydrogen-bond donors (Lipinski definition) is 1. The zero-order valence-corrected chi connectivity index (χ0v) is 13.2. The Balaban J connectivity index is 1.78. The fourth-order valence-electron chi connectivity index (χ4n) is 3.86. The molecule has 4 heteroatoms. The summed E-state index contributed by atoms with van der Waals surface area (Å²) in [5.74, 6) is 0. The topological polar surface area (TPSA) is 33.1 Å². The summed E-state index contributed by atoms with van der Waals surface area (Å²) in [6.45, 7) is 8.04. The van der Waals surface area contributed by atoms with Gasteiger partial charge in [-0.3, -0.25) is 9.58 Å². The molecule has 0 bridgehead atoms. The maximum absolute atomic E-state index is 4.32. The average molecular weight is 276 g/mol. The van der Waals surface area contributed by atoms with Gasteiger partial charge in [-0.05, 0) is 26.2 Å². The maximum Gasteiger partial charge on any atom is 0.0534 e. The van der Waals surface area contributed by atoms with Crippen LogP contribution in [0.25, 0.3) is 0 Å². The second kappa shape index (κ2) is 5.15. The van der Waals surface area contributed by atoms with E-state index in [0.29, 0.717) is 5.54 Å². The molecule has 0 aromatic carbocycles. The molecule has 20 heavy (non-hydrogen) atoms. The molecule has 1 saturated heterocycles. The van der Waals surface area contributed by atoms with Gasteiger partial charge in [-0.1, -0.05) is 19.8 Å². The van der Waals surface area contributed by atoms with Crippen LogP contribution in [0.1, 0.15) is 51.5 Å². The van der Waals surface area contributed by atoms with Gasteiger partial charge in [-0.15, -0.1) is 0 Å². The Labute approximate surface area is 122 Å². The molecule has 0 radical (unpaired) electrons. The summed E-state index contributed by atoms with van der Waals surface area (Å²) in [7, 11) is 2.00. The Morgan fingerprint density at radius 3 is 2.70 bits per heavy atom. The van der Waals surface area contributed by atoms with Crippen LogP contribution in [0.3, 0.4) is 0 Å². The molecule has 112 valence electrons. The van der Waals surface area contributed by atoms with Crippen molar-refractivity contribution in [1.82, 2.24) is 20.0 Å². The minimum Gasteiger partial charge on any atom is -0.308 e. The largest absolute Gasteiger partial charge is 0.308 e. The highest BCUT2D eigenvalue weighted by Crippen LogP contribution is 2.37. The number of hydrogen-bond acceptors (Lipinski definition) is 3. The Hall–Kier alpha value is -0.870. The normalized spacial score (nSPS) is 30.1. The van der Waals surface area contributed by atoms with E-state index in [0.717, 1.165) is 13.1 Å². The maximum atomic E-state index is 4.32. The van der Waals surface area contributed by atoms with Gasteiger partial charge < -0.3 is 5.32 Å². The van der Waals surface area contributed by atoms with Crippen LogP contribution in [-0.2, 0) is 13.6 Å². The zero-order chi connectivity index (χ0) is 14.2. The molecule has 1 unspecified atom stereocenters. The first kappa shape index (κ1) is 14.1.